The van der Waals surface area contributed by atoms with Crippen molar-refractivity contribution in [3.8, 4) is 0 Å². The zero-order valence-corrected chi connectivity index (χ0v) is 10.1. The number of piperidine rings is 1. The molecular weight excluding hydrogens is 224 g/mol. The molecule has 6 heteroatoms. The van der Waals surface area contributed by atoms with Gasteiger partial charge in [-0.2, -0.15) is 0 Å². The molecule has 1 rings (SSSR count). The van der Waals surface area contributed by atoms with Crippen LogP contribution in [-0.2, 0) is 9.53 Å². The van der Waals surface area contributed by atoms with Crippen LogP contribution in [0.25, 0.3) is 0 Å². The van der Waals surface area contributed by atoms with Crippen LogP contribution in [0.5, 0.6) is 0 Å². The number of carbonyl (C=O) groups excluding carboxylic acids is 1. The van der Waals surface area contributed by atoms with Gasteiger partial charge in [-0.05, 0) is 26.2 Å². The van der Waals surface area contributed by atoms with Crippen molar-refractivity contribution in [2.24, 2.45) is 5.73 Å². The molecule has 0 aromatic carbocycles. The van der Waals surface area contributed by atoms with Gasteiger partial charge in [-0.3, -0.25) is 4.79 Å². The van der Waals surface area contributed by atoms with E-state index in [4.69, 9.17) is 15.6 Å². The average molecular weight is 244 g/mol. The molecule has 3 N–H and O–H groups in total. The van der Waals surface area contributed by atoms with Crippen LogP contribution in [0.1, 0.15) is 32.6 Å². The summed E-state index contributed by atoms with van der Waals surface area (Å²) in [7, 11) is 0. The summed E-state index contributed by atoms with van der Waals surface area (Å²) in [5.41, 5.74) is 5.73. The van der Waals surface area contributed by atoms with Crippen LogP contribution in [-0.4, -0.2) is 47.3 Å². The van der Waals surface area contributed by atoms with E-state index >= 15 is 0 Å². The molecule has 0 spiro atoms. The maximum absolute atomic E-state index is 11.2. The van der Waals surface area contributed by atoms with Gasteiger partial charge in [0, 0.05) is 25.0 Å². The molecule has 0 radical (unpaired) electrons. The number of amides is 1. The van der Waals surface area contributed by atoms with Crippen LogP contribution in [0.4, 0.5) is 4.79 Å². The van der Waals surface area contributed by atoms with Crippen molar-refractivity contribution >= 4 is 12.1 Å². The van der Waals surface area contributed by atoms with Crippen LogP contribution in [0.3, 0.4) is 0 Å². The van der Waals surface area contributed by atoms with E-state index in [0.717, 1.165) is 6.42 Å². The van der Waals surface area contributed by atoms with E-state index in [2.05, 4.69) is 0 Å². The van der Waals surface area contributed by atoms with Gasteiger partial charge < -0.3 is 20.5 Å². The van der Waals surface area contributed by atoms with Crippen molar-refractivity contribution < 1.29 is 19.4 Å². The summed E-state index contributed by atoms with van der Waals surface area (Å²) < 4.78 is 4.82. The Bertz CT molecular complexity index is 283. The molecule has 1 aliphatic rings. The fourth-order valence-corrected chi connectivity index (χ4v) is 2.11. The van der Waals surface area contributed by atoms with Crippen molar-refractivity contribution in [1.29, 1.82) is 0 Å². The maximum atomic E-state index is 11.2. The molecule has 1 heterocycles. The van der Waals surface area contributed by atoms with Gasteiger partial charge in [-0.1, -0.05) is 0 Å². The molecule has 0 aromatic rings. The smallest absolute Gasteiger partial charge is 0.407 e. The minimum Gasteiger partial charge on any atom is -0.466 e. The Morgan fingerprint density at radius 1 is 1.47 bits per heavy atom. The van der Waals surface area contributed by atoms with Crippen LogP contribution >= 0.6 is 0 Å². The SMILES string of the molecule is CCOC(=O)CCC1CCC(N)CN1C(=O)O. The third kappa shape index (κ3) is 4.22. The first-order valence-electron chi connectivity index (χ1n) is 5.95. The third-order valence-electron chi connectivity index (χ3n) is 2.98. The normalized spacial score (nSPS) is 24.5. The molecular formula is C11H20N2O4. The number of nitrogens with zero attached hydrogens (tertiary/aromatic N) is 1. The highest BCUT2D eigenvalue weighted by Crippen LogP contribution is 2.20. The molecule has 1 fully saturated rings. The third-order valence-corrected chi connectivity index (χ3v) is 2.98. The zero-order chi connectivity index (χ0) is 12.8. The van der Waals surface area contributed by atoms with E-state index < -0.39 is 6.09 Å². The summed E-state index contributed by atoms with van der Waals surface area (Å²) in [6.45, 7) is 2.46. The van der Waals surface area contributed by atoms with Crippen LogP contribution in [0.2, 0.25) is 0 Å². The minimum atomic E-state index is -0.964. The average Bonchev–Trinajstić information content (AvgIpc) is 2.27. The van der Waals surface area contributed by atoms with E-state index in [1.807, 2.05) is 0 Å². The first kappa shape index (κ1) is 13.8. The van der Waals surface area contributed by atoms with Gasteiger partial charge in [0.25, 0.3) is 0 Å². The van der Waals surface area contributed by atoms with E-state index in [0.29, 0.717) is 26.0 Å². The van der Waals surface area contributed by atoms with Gasteiger partial charge in [0.15, 0.2) is 0 Å². The van der Waals surface area contributed by atoms with Crippen molar-refractivity contribution in [3.05, 3.63) is 0 Å². The Morgan fingerprint density at radius 3 is 2.76 bits per heavy atom. The molecule has 1 aliphatic heterocycles. The lowest BCUT2D eigenvalue weighted by atomic mass is 9.96. The number of rotatable bonds is 4. The quantitative estimate of drug-likeness (QED) is 0.713. The molecule has 2 unspecified atom stereocenters. The van der Waals surface area contributed by atoms with Gasteiger partial charge in [0.2, 0.25) is 0 Å². The Labute approximate surface area is 101 Å². The van der Waals surface area contributed by atoms with E-state index in [1.54, 1.807) is 6.92 Å². The fraction of sp³-hybridized carbons (Fsp3) is 0.818. The number of carbonyl (C=O) groups is 2. The van der Waals surface area contributed by atoms with Gasteiger partial charge in [-0.15, -0.1) is 0 Å². The highest BCUT2D eigenvalue weighted by molar-refractivity contribution is 5.69. The van der Waals surface area contributed by atoms with Gasteiger partial charge >= 0.3 is 12.1 Å². The molecule has 0 bridgehead atoms. The largest absolute Gasteiger partial charge is 0.466 e. The lowest BCUT2D eigenvalue weighted by Gasteiger charge is -2.36. The predicted octanol–water partition coefficient (Wildman–Crippen LogP) is 0.799. The number of hydrogen-bond donors (Lipinski definition) is 2. The monoisotopic (exact) mass is 244 g/mol. The van der Waals surface area contributed by atoms with Crippen molar-refractivity contribution in [3.63, 3.8) is 0 Å². The summed E-state index contributed by atoms with van der Waals surface area (Å²) >= 11 is 0. The zero-order valence-electron chi connectivity index (χ0n) is 10.1. The molecule has 1 saturated heterocycles. The highest BCUT2D eigenvalue weighted by atomic mass is 16.5. The Kier molecular flexibility index (Phi) is 5.21. The van der Waals surface area contributed by atoms with E-state index in [9.17, 15) is 9.59 Å². The standard InChI is InChI=1S/C11H20N2O4/c1-2-17-10(14)6-5-9-4-3-8(12)7-13(9)11(15)16/h8-9H,2-7,12H2,1H3,(H,15,16). The van der Waals surface area contributed by atoms with Gasteiger partial charge in [0.1, 0.15) is 0 Å². The number of hydrogen-bond acceptors (Lipinski definition) is 4. The summed E-state index contributed by atoms with van der Waals surface area (Å²) in [5.74, 6) is -0.271. The second-order valence-corrected chi connectivity index (χ2v) is 4.27. The molecule has 6 nitrogen and oxygen atoms in total. The van der Waals surface area contributed by atoms with Crippen molar-refractivity contribution in [1.82, 2.24) is 4.90 Å². The molecule has 98 valence electrons. The Hall–Kier alpha value is -1.30. The minimum absolute atomic E-state index is 0.0926. The number of carboxylic acid groups (broad SMARTS) is 1. The Balaban J connectivity index is 2.44. The first-order valence-corrected chi connectivity index (χ1v) is 5.95. The highest BCUT2D eigenvalue weighted by Gasteiger charge is 2.30. The molecule has 0 aromatic heterocycles. The lowest BCUT2D eigenvalue weighted by Crippen LogP contribution is -2.51. The number of esters is 1. The number of nitrogens with two attached hydrogens (primary N) is 1. The summed E-state index contributed by atoms with van der Waals surface area (Å²) in [5, 5.41) is 9.05. The number of ether oxygens (including phenoxy) is 1. The van der Waals surface area contributed by atoms with E-state index in [1.165, 1.54) is 4.90 Å². The fourth-order valence-electron chi connectivity index (χ4n) is 2.11. The van der Waals surface area contributed by atoms with Crippen LogP contribution < -0.4 is 5.73 Å². The van der Waals surface area contributed by atoms with Gasteiger partial charge in [0.05, 0.1) is 6.61 Å². The van der Waals surface area contributed by atoms with Crippen molar-refractivity contribution in [2.75, 3.05) is 13.2 Å². The molecule has 2 atom stereocenters. The van der Waals surface area contributed by atoms with Gasteiger partial charge in [-0.25, -0.2) is 4.79 Å². The predicted molar refractivity (Wildman–Crippen MR) is 61.6 cm³/mol. The molecule has 0 aliphatic carbocycles. The number of likely N-dealkylation sites (tertiary alicyclic amines) is 1. The van der Waals surface area contributed by atoms with Crippen LogP contribution in [0, 0.1) is 0 Å². The van der Waals surface area contributed by atoms with Crippen molar-refractivity contribution in [2.45, 2.75) is 44.7 Å². The maximum Gasteiger partial charge on any atom is 0.407 e. The molecule has 1 amide bonds. The Morgan fingerprint density at radius 2 is 2.18 bits per heavy atom. The second-order valence-electron chi connectivity index (χ2n) is 4.27. The second kappa shape index (κ2) is 6.44. The summed E-state index contributed by atoms with van der Waals surface area (Å²) in [4.78, 5) is 23.6. The molecule has 0 saturated carbocycles. The summed E-state index contributed by atoms with van der Waals surface area (Å²) in [6.07, 6.45) is 1.33. The molecule has 17 heavy (non-hydrogen) atoms. The lowest BCUT2D eigenvalue weighted by molar-refractivity contribution is -0.143. The topological polar surface area (TPSA) is 92.9 Å². The summed E-state index contributed by atoms with van der Waals surface area (Å²) in [6, 6.07) is -0.207. The van der Waals surface area contributed by atoms with E-state index in [-0.39, 0.29) is 24.5 Å². The van der Waals surface area contributed by atoms with Crippen LogP contribution in [0.15, 0.2) is 0 Å². The first-order chi connectivity index (χ1) is 8.04.